The Balaban J connectivity index is 0.000000720. The average molecular weight is 164 g/mol. The third-order valence-corrected chi connectivity index (χ3v) is 2.27. The van der Waals surface area contributed by atoms with Crippen molar-refractivity contribution in [3.8, 4) is 0 Å². The van der Waals surface area contributed by atoms with E-state index in [1.807, 2.05) is 0 Å². The molecule has 0 amide bonds. The minimum atomic E-state index is -1.01. The quantitative estimate of drug-likeness (QED) is 0.367. The minimum Gasteiger partial charge on any atom is -0.550 e. The molecule has 2 fully saturated rings. The number of carbonyl (C=O) groups is 1. The summed E-state index contributed by atoms with van der Waals surface area (Å²) in [4.78, 5) is 10.4. The second-order valence-corrected chi connectivity index (χ2v) is 3.21. The number of ether oxygens (including phenoxy) is 2. The van der Waals surface area contributed by atoms with Crippen LogP contribution in [0, 0.1) is 5.92 Å². The fourth-order valence-electron chi connectivity index (χ4n) is 1.53. The SMILES string of the molecule is O=C([O-])C1COC2(COC2)C1.[Li+]. The summed E-state index contributed by atoms with van der Waals surface area (Å²) in [5.41, 5.74) is -0.273. The van der Waals surface area contributed by atoms with Gasteiger partial charge in [0.25, 0.3) is 0 Å². The summed E-state index contributed by atoms with van der Waals surface area (Å²) in [5.74, 6) is -1.44. The number of rotatable bonds is 1. The van der Waals surface area contributed by atoms with Gasteiger partial charge in [0.15, 0.2) is 0 Å². The summed E-state index contributed by atoms with van der Waals surface area (Å²) < 4.78 is 10.3. The van der Waals surface area contributed by atoms with Crippen LogP contribution in [0.3, 0.4) is 0 Å². The molecule has 2 heterocycles. The molecule has 2 aliphatic heterocycles. The van der Waals surface area contributed by atoms with Crippen molar-refractivity contribution in [1.29, 1.82) is 0 Å². The van der Waals surface area contributed by atoms with Crippen molar-refractivity contribution in [2.75, 3.05) is 19.8 Å². The molecule has 0 aromatic heterocycles. The third kappa shape index (κ3) is 1.53. The molecular formula is C7H9LiO4. The Hall–Kier alpha value is -0.0126. The first-order chi connectivity index (χ1) is 5.22. The molecule has 2 rings (SSSR count). The molecule has 0 radical (unpaired) electrons. The zero-order chi connectivity index (χ0) is 7.90. The molecule has 62 valence electrons. The monoisotopic (exact) mass is 164 g/mol. The summed E-state index contributed by atoms with van der Waals surface area (Å²) in [6, 6.07) is 0. The van der Waals surface area contributed by atoms with Gasteiger partial charge in [0.05, 0.1) is 19.8 Å². The van der Waals surface area contributed by atoms with Crippen LogP contribution in [-0.2, 0) is 14.3 Å². The van der Waals surface area contributed by atoms with E-state index in [9.17, 15) is 9.90 Å². The Morgan fingerprint density at radius 3 is 2.42 bits per heavy atom. The first kappa shape index (κ1) is 10.1. The Kier molecular flexibility index (Phi) is 2.84. The van der Waals surface area contributed by atoms with E-state index < -0.39 is 11.9 Å². The van der Waals surface area contributed by atoms with Crippen molar-refractivity contribution in [2.24, 2.45) is 5.92 Å². The van der Waals surface area contributed by atoms with Gasteiger partial charge in [0, 0.05) is 11.9 Å². The van der Waals surface area contributed by atoms with E-state index >= 15 is 0 Å². The van der Waals surface area contributed by atoms with Crippen molar-refractivity contribution in [1.82, 2.24) is 0 Å². The van der Waals surface area contributed by atoms with Crippen molar-refractivity contribution >= 4 is 5.97 Å². The number of carboxylic acids is 1. The molecule has 2 aliphatic rings. The van der Waals surface area contributed by atoms with E-state index in [-0.39, 0.29) is 31.1 Å². The van der Waals surface area contributed by atoms with Gasteiger partial charge in [-0.2, -0.15) is 0 Å². The fraction of sp³-hybridized carbons (Fsp3) is 0.857. The van der Waals surface area contributed by atoms with Gasteiger partial charge in [-0.05, 0) is 6.42 Å². The van der Waals surface area contributed by atoms with Crippen LogP contribution in [0.1, 0.15) is 6.42 Å². The molecule has 0 aromatic rings. The Morgan fingerprint density at radius 1 is 1.50 bits per heavy atom. The predicted molar refractivity (Wildman–Crippen MR) is 32.6 cm³/mol. The van der Waals surface area contributed by atoms with Gasteiger partial charge >= 0.3 is 18.9 Å². The number of hydrogen-bond acceptors (Lipinski definition) is 4. The maximum absolute atomic E-state index is 10.4. The molecule has 4 nitrogen and oxygen atoms in total. The van der Waals surface area contributed by atoms with Crippen LogP contribution < -0.4 is 24.0 Å². The number of carboxylic acid groups (broad SMARTS) is 1. The second kappa shape index (κ2) is 3.39. The van der Waals surface area contributed by atoms with E-state index in [2.05, 4.69) is 0 Å². The molecule has 12 heavy (non-hydrogen) atoms. The summed E-state index contributed by atoms with van der Waals surface area (Å²) in [5, 5.41) is 10.4. The summed E-state index contributed by atoms with van der Waals surface area (Å²) in [6.45, 7) is 1.36. The number of aliphatic carboxylic acids is 1. The van der Waals surface area contributed by atoms with Crippen LogP contribution >= 0.6 is 0 Å². The first-order valence-corrected chi connectivity index (χ1v) is 3.64. The van der Waals surface area contributed by atoms with Crippen LogP contribution in [0.5, 0.6) is 0 Å². The van der Waals surface area contributed by atoms with E-state index in [1.165, 1.54) is 0 Å². The van der Waals surface area contributed by atoms with E-state index in [1.54, 1.807) is 0 Å². The Bertz CT molecular complexity index is 190. The Morgan fingerprint density at radius 2 is 2.17 bits per heavy atom. The zero-order valence-electron chi connectivity index (χ0n) is 7.04. The summed E-state index contributed by atoms with van der Waals surface area (Å²) >= 11 is 0. The molecule has 0 saturated carbocycles. The maximum Gasteiger partial charge on any atom is 1.00 e. The molecule has 0 bridgehead atoms. The molecule has 1 atom stereocenters. The molecule has 0 aliphatic carbocycles. The van der Waals surface area contributed by atoms with Crippen LogP contribution in [0.4, 0.5) is 0 Å². The predicted octanol–water partition coefficient (Wildman–Crippen LogP) is -4.45. The first-order valence-electron chi connectivity index (χ1n) is 3.64. The Labute approximate surface area is 82.4 Å². The van der Waals surface area contributed by atoms with Crippen LogP contribution in [-0.4, -0.2) is 31.4 Å². The summed E-state index contributed by atoms with van der Waals surface area (Å²) in [7, 11) is 0. The number of carbonyl (C=O) groups excluding carboxylic acids is 1. The van der Waals surface area contributed by atoms with E-state index in [0.29, 0.717) is 19.6 Å². The van der Waals surface area contributed by atoms with E-state index in [4.69, 9.17) is 9.47 Å². The summed E-state index contributed by atoms with van der Waals surface area (Å²) in [6.07, 6.45) is 0.551. The largest absolute Gasteiger partial charge is 1.00 e. The van der Waals surface area contributed by atoms with Crippen LogP contribution in [0.15, 0.2) is 0 Å². The van der Waals surface area contributed by atoms with E-state index in [0.717, 1.165) is 0 Å². The van der Waals surface area contributed by atoms with Gasteiger partial charge < -0.3 is 19.4 Å². The molecular weight excluding hydrogens is 155 g/mol. The van der Waals surface area contributed by atoms with Crippen molar-refractivity contribution in [2.45, 2.75) is 12.0 Å². The normalized spacial score (nSPS) is 30.8. The van der Waals surface area contributed by atoms with Gasteiger partial charge in [-0.3, -0.25) is 0 Å². The van der Waals surface area contributed by atoms with Crippen molar-refractivity contribution in [3.05, 3.63) is 0 Å². The maximum atomic E-state index is 10.4. The molecule has 2 saturated heterocycles. The molecule has 0 N–H and O–H groups in total. The smallest absolute Gasteiger partial charge is 0.550 e. The van der Waals surface area contributed by atoms with Gasteiger partial charge in [-0.1, -0.05) is 0 Å². The van der Waals surface area contributed by atoms with Gasteiger partial charge in [0.2, 0.25) is 0 Å². The topological polar surface area (TPSA) is 58.6 Å². The van der Waals surface area contributed by atoms with Gasteiger partial charge in [-0.15, -0.1) is 0 Å². The average Bonchev–Trinajstić information content (AvgIpc) is 2.28. The van der Waals surface area contributed by atoms with Crippen LogP contribution in [0.2, 0.25) is 0 Å². The zero-order valence-corrected chi connectivity index (χ0v) is 7.04. The minimum absolute atomic E-state index is 0. The molecule has 1 spiro atoms. The molecule has 1 unspecified atom stereocenters. The van der Waals surface area contributed by atoms with Crippen molar-refractivity contribution in [3.63, 3.8) is 0 Å². The number of hydrogen-bond donors (Lipinski definition) is 0. The molecule has 5 heteroatoms. The van der Waals surface area contributed by atoms with Gasteiger partial charge in [-0.25, -0.2) is 0 Å². The third-order valence-electron chi connectivity index (χ3n) is 2.27. The van der Waals surface area contributed by atoms with Crippen molar-refractivity contribution < 1.29 is 38.2 Å². The van der Waals surface area contributed by atoms with Gasteiger partial charge in [0.1, 0.15) is 5.60 Å². The fourth-order valence-corrected chi connectivity index (χ4v) is 1.53. The van der Waals surface area contributed by atoms with Crippen LogP contribution in [0.25, 0.3) is 0 Å². The molecule has 0 aromatic carbocycles. The standard InChI is InChI=1S/C7H10O4.Li/c8-6(9)5-1-7(11-2-5)3-10-4-7;/h5H,1-4H2,(H,8,9);/q;+1/p-1. The second-order valence-electron chi connectivity index (χ2n) is 3.21.